The van der Waals surface area contributed by atoms with Gasteiger partial charge in [-0.25, -0.2) is 0 Å². The van der Waals surface area contributed by atoms with Crippen LogP contribution in [0.1, 0.15) is 115 Å². The molecule has 1 aromatic carbocycles. The largest absolute Gasteiger partial charge is 0.389 e. The fourth-order valence-electron chi connectivity index (χ4n) is 6.74. The fraction of sp³-hybridized carbons (Fsp3) is 0.774. The van der Waals surface area contributed by atoms with Crippen molar-refractivity contribution in [1.82, 2.24) is 4.90 Å². The molecular formula is C31H47ClF3NO2. The number of hydrogen-bond donors (Lipinski definition) is 1. The lowest BCUT2D eigenvalue weighted by molar-refractivity contribution is -0.138. The number of benzene rings is 1. The molecule has 0 spiro atoms. The van der Waals surface area contributed by atoms with Gasteiger partial charge in [-0.1, -0.05) is 82.0 Å². The number of hydrogen-bond acceptors (Lipinski definition) is 2. The molecule has 3 nitrogen and oxygen atoms in total. The molecule has 1 aliphatic heterocycles. The monoisotopic (exact) mass is 557 g/mol. The van der Waals surface area contributed by atoms with E-state index in [0.29, 0.717) is 43.3 Å². The van der Waals surface area contributed by atoms with Crippen LogP contribution in [-0.4, -0.2) is 35.2 Å². The van der Waals surface area contributed by atoms with Gasteiger partial charge in [0, 0.05) is 36.9 Å². The van der Waals surface area contributed by atoms with Gasteiger partial charge >= 0.3 is 6.18 Å². The zero-order valence-electron chi connectivity index (χ0n) is 23.1. The van der Waals surface area contributed by atoms with Crippen molar-refractivity contribution in [3.8, 4) is 0 Å². The van der Waals surface area contributed by atoms with Gasteiger partial charge in [0.05, 0.1) is 5.60 Å². The average Bonchev–Trinajstić information content (AvgIpc) is 2.88. The van der Waals surface area contributed by atoms with Crippen LogP contribution in [0.5, 0.6) is 0 Å². The maximum Gasteiger partial charge on any atom is 0.389 e. The molecule has 1 aliphatic carbocycles. The second-order valence-corrected chi connectivity index (χ2v) is 12.3. The van der Waals surface area contributed by atoms with Gasteiger partial charge in [-0.3, -0.25) is 4.79 Å². The molecule has 3 atom stereocenters. The number of carbonyl (C=O) groups is 1. The lowest BCUT2D eigenvalue weighted by Gasteiger charge is -2.43. The number of piperidine rings is 1. The SMILES string of the molecule is CCCCC[C@@](O)(c1cccc(Cl)c1)[C@@H]1CCCN(C(=O)C[C@H](CCCC(F)(F)F)CC2CCCCC2)C1. The van der Waals surface area contributed by atoms with Crippen molar-refractivity contribution in [3.05, 3.63) is 34.9 Å². The Bertz CT molecular complexity index is 858. The fourth-order valence-corrected chi connectivity index (χ4v) is 6.93. The molecule has 1 heterocycles. The van der Waals surface area contributed by atoms with E-state index in [-0.39, 0.29) is 24.2 Å². The van der Waals surface area contributed by atoms with Crippen molar-refractivity contribution >= 4 is 17.5 Å². The predicted molar refractivity (Wildman–Crippen MR) is 148 cm³/mol. The van der Waals surface area contributed by atoms with Gasteiger partial charge in [0.15, 0.2) is 0 Å². The molecule has 2 aliphatic rings. The first-order valence-electron chi connectivity index (χ1n) is 14.9. The van der Waals surface area contributed by atoms with Crippen molar-refractivity contribution < 1.29 is 23.1 Å². The Kier molecular flexibility index (Phi) is 12.3. The van der Waals surface area contributed by atoms with Crippen molar-refractivity contribution in [2.24, 2.45) is 17.8 Å². The summed E-state index contributed by atoms with van der Waals surface area (Å²) in [6.07, 6.45) is 7.85. The molecule has 216 valence electrons. The number of amides is 1. The zero-order valence-corrected chi connectivity index (χ0v) is 23.8. The molecule has 0 unspecified atom stereocenters. The summed E-state index contributed by atoms with van der Waals surface area (Å²) >= 11 is 6.29. The summed E-state index contributed by atoms with van der Waals surface area (Å²) in [6.45, 7) is 3.26. The third-order valence-electron chi connectivity index (χ3n) is 8.86. The highest BCUT2D eigenvalue weighted by Gasteiger charge is 2.41. The molecule has 7 heteroatoms. The van der Waals surface area contributed by atoms with E-state index in [9.17, 15) is 23.1 Å². The molecule has 2 fully saturated rings. The van der Waals surface area contributed by atoms with Crippen molar-refractivity contribution in [2.45, 2.75) is 121 Å². The number of alkyl halides is 3. The third kappa shape index (κ3) is 9.73. The molecule has 1 saturated carbocycles. The van der Waals surface area contributed by atoms with Crippen LogP contribution in [0.3, 0.4) is 0 Å². The Morgan fingerprint density at radius 3 is 2.53 bits per heavy atom. The van der Waals surface area contributed by atoms with E-state index in [0.717, 1.165) is 56.9 Å². The van der Waals surface area contributed by atoms with Crippen molar-refractivity contribution in [3.63, 3.8) is 0 Å². The minimum atomic E-state index is -4.15. The summed E-state index contributed by atoms with van der Waals surface area (Å²) in [5.74, 6) is 0.444. The molecule has 1 aromatic rings. The number of nitrogens with zero attached hydrogens (tertiary/aromatic N) is 1. The summed E-state index contributed by atoms with van der Waals surface area (Å²) in [5, 5.41) is 12.6. The number of aliphatic hydroxyl groups is 1. The highest BCUT2D eigenvalue weighted by Crippen LogP contribution is 2.41. The Labute approximate surface area is 232 Å². The van der Waals surface area contributed by atoms with E-state index >= 15 is 0 Å². The highest BCUT2D eigenvalue weighted by molar-refractivity contribution is 6.30. The first-order valence-corrected chi connectivity index (χ1v) is 15.3. The van der Waals surface area contributed by atoms with E-state index < -0.39 is 18.2 Å². The van der Waals surface area contributed by atoms with Crippen LogP contribution in [-0.2, 0) is 10.4 Å². The minimum Gasteiger partial charge on any atom is -0.385 e. The number of carbonyl (C=O) groups excluding carboxylic acids is 1. The lowest BCUT2D eigenvalue weighted by atomic mass is 9.74. The van der Waals surface area contributed by atoms with Crippen molar-refractivity contribution in [1.29, 1.82) is 0 Å². The van der Waals surface area contributed by atoms with E-state index in [1.165, 1.54) is 19.3 Å². The highest BCUT2D eigenvalue weighted by atomic mass is 35.5. The minimum absolute atomic E-state index is 0.00954. The van der Waals surface area contributed by atoms with E-state index in [1.54, 1.807) is 6.07 Å². The summed E-state index contributed by atoms with van der Waals surface area (Å²) in [5.41, 5.74) is -0.254. The first kappa shape index (κ1) is 31.3. The standard InChI is InChI=1S/C31H47ClF3NO2/c1-2-3-7-17-30(38,26-14-8-16-28(32)22-26)27-15-10-19-36(23-27)29(37)21-25(13-9-18-31(33,34)35)20-24-11-5-4-6-12-24/h8,14,16,22,24-25,27,38H,2-7,9-13,15,17-21,23H2,1H3/t25-,27-,30-/m1/s1. The first-order chi connectivity index (χ1) is 18.1. The molecule has 3 rings (SSSR count). The summed E-state index contributed by atoms with van der Waals surface area (Å²) < 4.78 is 38.5. The third-order valence-corrected chi connectivity index (χ3v) is 9.10. The maximum atomic E-state index is 13.5. The molecule has 0 aromatic heterocycles. The van der Waals surface area contributed by atoms with Crippen LogP contribution in [0.25, 0.3) is 0 Å². The van der Waals surface area contributed by atoms with Crippen LogP contribution in [0, 0.1) is 17.8 Å². The Morgan fingerprint density at radius 1 is 1.08 bits per heavy atom. The quantitative estimate of drug-likeness (QED) is 0.246. The molecule has 38 heavy (non-hydrogen) atoms. The van der Waals surface area contributed by atoms with Crippen molar-refractivity contribution in [2.75, 3.05) is 13.1 Å². The molecule has 0 bridgehead atoms. The number of unbranched alkanes of at least 4 members (excludes halogenated alkanes) is 2. The smallest absolute Gasteiger partial charge is 0.385 e. The maximum absolute atomic E-state index is 13.5. The molecule has 0 radical (unpaired) electrons. The molecule has 1 N–H and O–H groups in total. The lowest BCUT2D eigenvalue weighted by Crippen LogP contribution is -2.48. The normalized spacial score (nSPS) is 21.7. The van der Waals surface area contributed by atoms with Gasteiger partial charge < -0.3 is 10.0 Å². The molecular weight excluding hydrogens is 511 g/mol. The van der Waals surface area contributed by atoms with Gasteiger partial charge in [0.2, 0.25) is 5.91 Å². The van der Waals surface area contributed by atoms with Crippen LogP contribution in [0.4, 0.5) is 13.2 Å². The van der Waals surface area contributed by atoms with Gasteiger partial charge in [0.25, 0.3) is 0 Å². The van der Waals surface area contributed by atoms with Gasteiger partial charge in [-0.2, -0.15) is 13.2 Å². The number of rotatable bonds is 13. The van der Waals surface area contributed by atoms with E-state index in [1.807, 2.05) is 23.1 Å². The van der Waals surface area contributed by atoms with Crippen LogP contribution < -0.4 is 0 Å². The molecule has 1 saturated heterocycles. The Morgan fingerprint density at radius 2 is 1.84 bits per heavy atom. The number of halogens is 4. The number of likely N-dealkylation sites (tertiary alicyclic amines) is 1. The van der Waals surface area contributed by atoms with Crippen LogP contribution >= 0.6 is 11.6 Å². The second-order valence-electron chi connectivity index (χ2n) is 11.9. The summed E-state index contributed by atoms with van der Waals surface area (Å²) in [6, 6.07) is 7.44. The predicted octanol–water partition coefficient (Wildman–Crippen LogP) is 9.06. The van der Waals surface area contributed by atoms with Crippen LogP contribution in [0.15, 0.2) is 24.3 Å². The summed E-state index contributed by atoms with van der Waals surface area (Å²) in [4.78, 5) is 15.4. The van der Waals surface area contributed by atoms with Gasteiger partial charge in [-0.05, 0) is 68.1 Å². The van der Waals surface area contributed by atoms with E-state index in [2.05, 4.69) is 6.92 Å². The Hall–Kier alpha value is -1.27. The van der Waals surface area contributed by atoms with Gasteiger partial charge in [-0.15, -0.1) is 0 Å². The zero-order chi connectivity index (χ0) is 27.6. The molecule has 1 amide bonds. The average molecular weight is 558 g/mol. The Balaban J connectivity index is 1.69. The van der Waals surface area contributed by atoms with Crippen LogP contribution in [0.2, 0.25) is 5.02 Å². The second kappa shape index (κ2) is 14.9. The summed E-state index contributed by atoms with van der Waals surface area (Å²) in [7, 11) is 0. The van der Waals surface area contributed by atoms with E-state index in [4.69, 9.17) is 11.6 Å². The topological polar surface area (TPSA) is 40.5 Å². The van der Waals surface area contributed by atoms with Gasteiger partial charge in [0.1, 0.15) is 0 Å².